The maximum absolute atomic E-state index is 11.0. The zero-order valence-corrected chi connectivity index (χ0v) is 35.5. The van der Waals surface area contributed by atoms with Gasteiger partial charge in [0.1, 0.15) is 5.37 Å². The Labute approximate surface area is 325 Å². The normalized spacial score (nSPS) is 16.2. The summed E-state index contributed by atoms with van der Waals surface area (Å²) in [4.78, 5) is 9.65. The van der Waals surface area contributed by atoms with E-state index in [-0.39, 0.29) is 18.2 Å². The van der Waals surface area contributed by atoms with Gasteiger partial charge in [0.05, 0.1) is 75.9 Å². The SMILES string of the molecule is CC[NH+](CC)CC.CC[NH+](CC)CC.O=S(=O)([O-])CCCCN1/C(=C/C2Sc3ccc(Cl)cc3N2CCCCS(=O)(=O)[O-])Sc2ccc(Cl)cc21. The molecule has 0 spiro atoms. The van der Waals surface area contributed by atoms with Crippen LogP contribution in [-0.2, 0) is 20.2 Å². The van der Waals surface area contributed by atoms with E-state index in [9.17, 15) is 25.9 Å². The van der Waals surface area contributed by atoms with Crippen LogP contribution in [0.4, 0.5) is 11.4 Å². The Morgan fingerprint density at radius 2 is 1.14 bits per heavy atom. The highest BCUT2D eigenvalue weighted by Crippen LogP contribution is 2.50. The second-order valence-corrected chi connectivity index (χ2v) is 18.4. The summed E-state index contributed by atoms with van der Waals surface area (Å²) in [6, 6.07) is 11.3. The number of benzene rings is 2. The van der Waals surface area contributed by atoms with Crippen LogP contribution in [-0.4, -0.2) is 95.2 Å². The van der Waals surface area contributed by atoms with Gasteiger partial charge < -0.3 is 28.7 Å². The molecule has 2 N–H and O–H groups in total. The minimum Gasteiger partial charge on any atom is -0.748 e. The number of halogens is 2. The van der Waals surface area contributed by atoms with E-state index < -0.39 is 31.7 Å². The summed E-state index contributed by atoms with van der Waals surface area (Å²) in [7, 11) is -8.53. The van der Waals surface area contributed by atoms with Gasteiger partial charge in [-0.2, -0.15) is 0 Å². The quantitative estimate of drug-likeness (QED) is 0.162. The Bertz CT molecular complexity index is 1580. The van der Waals surface area contributed by atoms with E-state index in [0.717, 1.165) is 26.2 Å². The highest BCUT2D eigenvalue weighted by Gasteiger charge is 2.32. The average Bonchev–Trinajstić information content (AvgIpc) is 3.58. The summed E-state index contributed by atoms with van der Waals surface area (Å²) in [5, 5.41) is 2.01. The molecule has 0 aliphatic carbocycles. The molecular weight excluding hydrogens is 772 g/mol. The molecule has 10 nitrogen and oxygen atoms in total. The van der Waals surface area contributed by atoms with Gasteiger partial charge in [-0.3, -0.25) is 0 Å². The molecule has 0 bridgehead atoms. The molecule has 0 fully saturated rings. The lowest BCUT2D eigenvalue weighted by molar-refractivity contribution is -0.894. The molecule has 2 aliphatic rings. The summed E-state index contributed by atoms with van der Waals surface area (Å²) in [5.74, 6) is -0.808. The van der Waals surface area contributed by atoms with Gasteiger partial charge in [-0.25, -0.2) is 16.8 Å². The minimum atomic E-state index is -4.27. The molecule has 0 saturated heterocycles. The topological polar surface area (TPSA) is 130 Å². The Hall–Kier alpha value is -1.20. The zero-order valence-electron chi connectivity index (χ0n) is 30.8. The summed E-state index contributed by atoms with van der Waals surface area (Å²) >= 11 is 15.8. The van der Waals surface area contributed by atoms with Crippen LogP contribution in [0.15, 0.2) is 57.3 Å². The highest BCUT2D eigenvalue weighted by atomic mass is 35.5. The number of unbranched alkanes of at least 4 members (excludes halogenated alkanes) is 2. The van der Waals surface area contributed by atoms with Gasteiger partial charge in [0.25, 0.3) is 0 Å². The minimum absolute atomic E-state index is 0.117. The number of nitrogens with one attached hydrogen (secondary N) is 2. The van der Waals surface area contributed by atoms with Gasteiger partial charge >= 0.3 is 0 Å². The lowest BCUT2D eigenvalue weighted by atomic mass is 10.2. The molecule has 2 aromatic carbocycles. The van der Waals surface area contributed by atoms with Gasteiger partial charge in [-0.1, -0.05) is 46.7 Å². The summed E-state index contributed by atoms with van der Waals surface area (Å²) in [6.45, 7) is 22.0. The van der Waals surface area contributed by atoms with E-state index in [4.69, 9.17) is 23.2 Å². The van der Waals surface area contributed by atoms with Gasteiger partial charge in [0, 0.05) is 44.4 Å². The Balaban J connectivity index is 0.000000543. The maximum atomic E-state index is 11.0. The monoisotopic (exact) mass is 826 g/mol. The Morgan fingerprint density at radius 1 is 0.686 bits per heavy atom. The van der Waals surface area contributed by atoms with Gasteiger partial charge in [-0.05, 0) is 110 Å². The third kappa shape index (κ3) is 16.4. The molecule has 0 amide bonds. The average molecular weight is 828 g/mol. The number of nitrogens with zero attached hydrogens (tertiary/aromatic N) is 2. The van der Waals surface area contributed by atoms with Crippen LogP contribution in [0, 0.1) is 0 Å². The first kappa shape index (κ1) is 46.0. The first-order valence-electron chi connectivity index (χ1n) is 17.8. The smallest absolute Gasteiger partial charge is 0.101 e. The number of fused-ring (bicyclic) bond motifs is 2. The van der Waals surface area contributed by atoms with Crippen molar-refractivity contribution in [2.75, 3.05) is 73.7 Å². The van der Waals surface area contributed by atoms with Crippen LogP contribution >= 0.6 is 46.7 Å². The third-order valence-electron chi connectivity index (χ3n) is 8.83. The van der Waals surface area contributed by atoms with Crippen molar-refractivity contribution in [3.63, 3.8) is 0 Å². The Morgan fingerprint density at radius 3 is 1.59 bits per heavy atom. The molecule has 1 unspecified atom stereocenters. The zero-order chi connectivity index (χ0) is 38.2. The molecular formula is C35H56Cl2N4O6S4. The molecule has 2 heterocycles. The third-order valence-corrected chi connectivity index (χ3v) is 13.2. The molecule has 290 valence electrons. The number of rotatable bonds is 17. The fourth-order valence-electron chi connectivity index (χ4n) is 5.68. The van der Waals surface area contributed by atoms with Gasteiger partial charge in [-0.15, -0.1) is 0 Å². The lowest BCUT2D eigenvalue weighted by Gasteiger charge is -2.27. The van der Waals surface area contributed by atoms with Gasteiger partial charge in [0.2, 0.25) is 0 Å². The number of hydrogen-bond acceptors (Lipinski definition) is 10. The number of thioether (sulfide) groups is 2. The van der Waals surface area contributed by atoms with Crippen LogP contribution in [0.3, 0.4) is 0 Å². The lowest BCUT2D eigenvalue weighted by Crippen LogP contribution is -3.11. The predicted molar refractivity (Wildman–Crippen MR) is 214 cm³/mol. The van der Waals surface area contributed by atoms with E-state index in [2.05, 4.69) is 57.4 Å². The standard InChI is InChI=1S/C23H26Cl2N2O6S4.2C6H15N/c24-16-5-7-20-18(13-16)26(9-1-3-11-36(28,29)30)22(34-20)15-23-27(10-2-4-12-37(31,32)33)19-14-17(25)6-8-21(19)35-23;2*1-4-7(5-2)6-3/h5-8,13-15,22H,1-4,9-12H2,(H,28,29,30)(H,31,32,33);2*4-6H2,1-3H3/b23-15-;;. The van der Waals surface area contributed by atoms with Crippen molar-refractivity contribution in [3.8, 4) is 0 Å². The molecule has 2 aliphatic heterocycles. The van der Waals surface area contributed by atoms with E-state index >= 15 is 0 Å². The summed E-state index contributed by atoms with van der Waals surface area (Å²) in [6.07, 6.45) is 3.66. The molecule has 2 aromatic rings. The van der Waals surface area contributed by atoms with Crippen molar-refractivity contribution in [2.45, 2.75) is 82.4 Å². The van der Waals surface area contributed by atoms with Crippen molar-refractivity contribution >= 4 is 78.3 Å². The maximum Gasteiger partial charge on any atom is 0.101 e. The Kier molecular flexibility index (Phi) is 20.6. The van der Waals surface area contributed by atoms with E-state index in [0.29, 0.717) is 36.0 Å². The fourth-order valence-corrected chi connectivity index (χ4v) is 9.59. The second kappa shape index (κ2) is 22.9. The van der Waals surface area contributed by atoms with Crippen LogP contribution in [0.1, 0.15) is 67.2 Å². The summed E-state index contributed by atoms with van der Waals surface area (Å²) < 4.78 is 66.2. The van der Waals surface area contributed by atoms with Crippen molar-refractivity contribution in [3.05, 3.63) is 57.5 Å². The second-order valence-electron chi connectivity index (χ2n) is 12.2. The van der Waals surface area contributed by atoms with Gasteiger partial charge in [0.15, 0.2) is 0 Å². The fraction of sp³-hybridized carbons (Fsp3) is 0.600. The van der Waals surface area contributed by atoms with E-state index in [1.807, 2.05) is 36.4 Å². The first-order chi connectivity index (χ1) is 24.1. The van der Waals surface area contributed by atoms with Crippen molar-refractivity contribution in [2.24, 2.45) is 0 Å². The van der Waals surface area contributed by atoms with Crippen LogP contribution in [0.2, 0.25) is 10.0 Å². The molecule has 1 atom stereocenters. The first-order valence-corrected chi connectivity index (χ1v) is 23.4. The van der Waals surface area contributed by atoms with Crippen molar-refractivity contribution in [1.29, 1.82) is 0 Å². The molecule has 51 heavy (non-hydrogen) atoms. The number of anilines is 2. The predicted octanol–water partition coefficient (Wildman–Crippen LogP) is 5.20. The van der Waals surface area contributed by atoms with E-state index in [1.54, 1.807) is 33.3 Å². The van der Waals surface area contributed by atoms with Crippen molar-refractivity contribution < 1.29 is 35.7 Å². The largest absolute Gasteiger partial charge is 0.748 e. The van der Waals surface area contributed by atoms with Crippen LogP contribution in [0.5, 0.6) is 0 Å². The number of hydrogen-bond donors (Lipinski definition) is 2. The van der Waals surface area contributed by atoms with Crippen LogP contribution in [0.25, 0.3) is 0 Å². The molecule has 0 saturated carbocycles. The molecule has 16 heteroatoms. The molecule has 0 aromatic heterocycles. The summed E-state index contributed by atoms with van der Waals surface area (Å²) in [5.41, 5.74) is 1.87. The molecule has 4 rings (SSSR count). The highest BCUT2D eigenvalue weighted by molar-refractivity contribution is 8.04. The molecule has 0 radical (unpaired) electrons. The van der Waals surface area contributed by atoms with Crippen LogP contribution < -0.4 is 19.6 Å². The number of quaternary nitrogens is 2. The van der Waals surface area contributed by atoms with E-state index in [1.165, 1.54) is 39.3 Å². The van der Waals surface area contributed by atoms with Crippen molar-refractivity contribution in [1.82, 2.24) is 0 Å².